The lowest BCUT2D eigenvalue weighted by Gasteiger charge is -1.93. The summed E-state index contributed by atoms with van der Waals surface area (Å²) in [6.45, 7) is 1.18. The molecule has 2 N–H and O–H groups in total. The first-order chi connectivity index (χ1) is 5.86. The van der Waals surface area contributed by atoms with E-state index in [2.05, 4.69) is 10.3 Å². The van der Waals surface area contributed by atoms with Crippen LogP contribution in [0.3, 0.4) is 0 Å². The van der Waals surface area contributed by atoms with Crippen LogP contribution in [-0.4, -0.2) is 30.3 Å². The molecule has 0 unspecified atom stereocenters. The van der Waals surface area contributed by atoms with Crippen molar-refractivity contribution < 1.29 is 5.11 Å². The number of hydrogen-bond acceptors (Lipinski definition) is 4. The topological polar surface area (TPSA) is 45.2 Å². The summed E-state index contributed by atoms with van der Waals surface area (Å²) in [5, 5.41) is 12.8. The second-order valence-electron chi connectivity index (χ2n) is 2.55. The molecule has 1 aromatic rings. The molecule has 68 valence electrons. The fourth-order valence-electron chi connectivity index (χ4n) is 0.923. The van der Waals surface area contributed by atoms with Crippen molar-refractivity contribution in [2.75, 3.05) is 20.2 Å². The standard InChI is InChI=1S/C8H14N2OS/c1-9-4-2-7-6-10-8(12-7)3-5-11/h6,9,11H,2-5H2,1H3. The zero-order chi connectivity index (χ0) is 8.81. The van der Waals surface area contributed by atoms with E-state index in [0.717, 1.165) is 18.0 Å². The van der Waals surface area contributed by atoms with E-state index < -0.39 is 0 Å². The predicted octanol–water partition coefficient (Wildman–Crippen LogP) is 0.440. The minimum Gasteiger partial charge on any atom is -0.396 e. The van der Waals surface area contributed by atoms with Crippen LogP contribution in [0, 0.1) is 0 Å². The van der Waals surface area contributed by atoms with Crippen LogP contribution in [0.15, 0.2) is 6.20 Å². The number of nitrogens with zero attached hydrogens (tertiary/aromatic N) is 1. The molecule has 3 nitrogen and oxygen atoms in total. The van der Waals surface area contributed by atoms with Crippen molar-refractivity contribution in [3.8, 4) is 0 Å². The molecule has 0 aliphatic rings. The zero-order valence-electron chi connectivity index (χ0n) is 7.21. The Balaban J connectivity index is 2.41. The van der Waals surface area contributed by atoms with Crippen molar-refractivity contribution in [3.05, 3.63) is 16.1 Å². The Morgan fingerprint density at radius 1 is 1.58 bits per heavy atom. The average Bonchev–Trinajstić information content (AvgIpc) is 2.50. The van der Waals surface area contributed by atoms with Gasteiger partial charge in [-0.3, -0.25) is 0 Å². The highest BCUT2D eigenvalue weighted by molar-refractivity contribution is 7.11. The van der Waals surface area contributed by atoms with Gasteiger partial charge in [-0.1, -0.05) is 0 Å². The van der Waals surface area contributed by atoms with E-state index >= 15 is 0 Å². The number of hydrogen-bond donors (Lipinski definition) is 2. The Labute approximate surface area is 76.5 Å². The van der Waals surface area contributed by atoms with Gasteiger partial charge in [-0.15, -0.1) is 11.3 Å². The molecule has 0 aromatic carbocycles. The Bertz CT molecular complexity index is 225. The van der Waals surface area contributed by atoms with Crippen LogP contribution in [0.1, 0.15) is 9.88 Å². The molecule has 0 atom stereocenters. The summed E-state index contributed by atoms with van der Waals surface area (Å²) in [6, 6.07) is 0. The fourth-order valence-corrected chi connectivity index (χ4v) is 1.83. The van der Waals surface area contributed by atoms with Gasteiger partial charge in [-0.25, -0.2) is 4.98 Å². The van der Waals surface area contributed by atoms with Crippen LogP contribution in [0.5, 0.6) is 0 Å². The molecule has 12 heavy (non-hydrogen) atoms. The highest BCUT2D eigenvalue weighted by Gasteiger charge is 1.99. The van der Waals surface area contributed by atoms with E-state index in [0.29, 0.717) is 6.42 Å². The lowest BCUT2D eigenvalue weighted by Crippen LogP contribution is -2.09. The van der Waals surface area contributed by atoms with Gasteiger partial charge in [0, 0.05) is 24.1 Å². The van der Waals surface area contributed by atoms with Crippen LogP contribution in [-0.2, 0) is 12.8 Å². The highest BCUT2D eigenvalue weighted by atomic mass is 32.1. The van der Waals surface area contributed by atoms with Crippen molar-refractivity contribution in [1.82, 2.24) is 10.3 Å². The van der Waals surface area contributed by atoms with Crippen LogP contribution in [0.2, 0.25) is 0 Å². The molecule has 0 aliphatic heterocycles. The van der Waals surface area contributed by atoms with E-state index in [-0.39, 0.29) is 6.61 Å². The Hall–Kier alpha value is -0.450. The maximum absolute atomic E-state index is 8.66. The number of aromatic nitrogens is 1. The molecular weight excluding hydrogens is 172 g/mol. The number of rotatable bonds is 5. The number of aliphatic hydroxyl groups excluding tert-OH is 1. The molecule has 0 spiro atoms. The summed E-state index contributed by atoms with van der Waals surface area (Å²) in [7, 11) is 1.94. The van der Waals surface area contributed by atoms with Gasteiger partial charge in [-0.05, 0) is 20.0 Å². The Morgan fingerprint density at radius 2 is 2.42 bits per heavy atom. The van der Waals surface area contributed by atoms with Crippen molar-refractivity contribution in [3.63, 3.8) is 0 Å². The average molecular weight is 186 g/mol. The quantitative estimate of drug-likeness (QED) is 0.701. The van der Waals surface area contributed by atoms with Crippen molar-refractivity contribution in [2.24, 2.45) is 0 Å². The number of nitrogens with one attached hydrogen (secondary N) is 1. The van der Waals surface area contributed by atoms with Crippen molar-refractivity contribution in [1.29, 1.82) is 0 Å². The Morgan fingerprint density at radius 3 is 3.08 bits per heavy atom. The summed E-state index contributed by atoms with van der Waals surface area (Å²) < 4.78 is 0. The van der Waals surface area contributed by atoms with Gasteiger partial charge in [0.1, 0.15) is 0 Å². The summed E-state index contributed by atoms with van der Waals surface area (Å²) in [4.78, 5) is 5.47. The first kappa shape index (κ1) is 9.64. The molecule has 4 heteroatoms. The molecule has 0 bridgehead atoms. The second-order valence-corrected chi connectivity index (χ2v) is 3.75. The van der Waals surface area contributed by atoms with Crippen LogP contribution in [0.4, 0.5) is 0 Å². The third kappa shape index (κ3) is 2.89. The largest absolute Gasteiger partial charge is 0.396 e. The first-order valence-corrected chi connectivity index (χ1v) is 4.87. The summed E-state index contributed by atoms with van der Waals surface area (Å²) in [5.41, 5.74) is 0. The summed E-state index contributed by atoms with van der Waals surface area (Å²) in [6.07, 6.45) is 3.61. The van der Waals surface area contributed by atoms with Gasteiger partial charge in [0.25, 0.3) is 0 Å². The number of aliphatic hydroxyl groups is 1. The molecule has 0 fully saturated rings. The van der Waals surface area contributed by atoms with Gasteiger partial charge in [0.15, 0.2) is 0 Å². The molecule has 1 heterocycles. The molecule has 0 saturated heterocycles. The molecular formula is C8H14N2OS. The van der Waals surface area contributed by atoms with E-state index in [1.807, 2.05) is 13.2 Å². The van der Waals surface area contributed by atoms with Gasteiger partial charge in [0.2, 0.25) is 0 Å². The monoisotopic (exact) mass is 186 g/mol. The van der Waals surface area contributed by atoms with Crippen LogP contribution < -0.4 is 5.32 Å². The predicted molar refractivity (Wildman–Crippen MR) is 50.5 cm³/mol. The molecule has 1 aromatic heterocycles. The second kappa shape index (κ2) is 5.24. The number of thiazole rings is 1. The summed E-state index contributed by atoms with van der Waals surface area (Å²) in [5.74, 6) is 0. The van der Waals surface area contributed by atoms with Crippen LogP contribution in [0.25, 0.3) is 0 Å². The van der Waals surface area contributed by atoms with Gasteiger partial charge in [0.05, 0.1) is 5.01 Å². The Kier molecular flexibility index (Phi) is 4.21. The summed E-state index contributed by atoms with van der Waals surface area (Å²) >= 11 is 1.69. The lowest BCUT2D eigenvalue weighted by atomic mass is 10.4. The fraction of sp³-hybridized carbons (Fsp3) is 0.625. The molecule has 1 rings (SSSR count). The number of likely N-dealkylation sites (N-methyl/N-ethyl adjacent to an activating group) is 1. The molecule has 0 radical (unpaired) electrons. The highest BCUT2D eigenvalue weighted by Crippen LogP contribution is 2.13. The minimum absolute atomic E-state index is 0.193. The van der Waals surface area contributed by atoms with E-state index in [1.165, 1.54) is 4.88 Å². The van der Waals surface area contributed by atoms with Gasteiger partial charge in [-0.2, -0.15) is 0 Å². The van der Waals surface area contributed by atoms with E-state index in [1.54, 1.807) is 11.3 Å². The third-order valence-electron chi connectivity index (χ3n) is 1.55. The van der Waals surface area contributed by atoms with Crippen LogP contribution >= 0.6 is 11.3 Å². The molecule has 0 amide bonds. The maximum atomic E-state index is 8.66. The van der Waals surface area contributed by atoms with Gasteiger partial charge < -0.3 is 10.4 Å². The SMILES string of the molecule is CNCCc1cnc(CCO)s1. The maximum Gasteiger partial charge on any atom is 0.0950 e. The normalized spacial score (nSPS) is 10.5. The minimum atomic E-state index is 0.193. The van der Waals surface area contributed by atoms with Gasteiger partial charge >= 0.3 is 0 Å². The first-order valence-electron chi connectivity index (χ1n) is 4.06. The van der Waals surface area contributed by atoms with Crippen molar-refractivity contribution >= 4 is 11.3 Å². The lowest BCUT2D eigenvalue weighted by molar-refractivity contribution is 0.299. The third-order valence-corrected chi connectivity index (χ3v) is 2.67. The smallest absolute Gasteiger partial charge is 0.0950 e. The van der Waals surface area contributed by atoms with Crippen molar-refractivity contribution in [2.45, 2.75) is 12.8 Å². The zero-order valence-corrected chi connectivity index (χ0v) is 8.02. The van der Waals surface area contributed by atoms with E-state index in [4.69, 9.17) is 5.11 Å². The molecule has 0 saturated carbocycles. The molecule has 0 aliphatic carbocycles. The van der Waals surface area contributed by atoms with E-state index in [9.17, 15) is 0 Å².